The molecule has 1 heterocycles. The van der Waals surface area contributed by atoms with Gasteiger partial charge in [0.2, 0.25) is 0 Å². The molecule has 0 radical (unpaired) electrons. The first-order valence-electron chi connectivity index (χ1n) is 7.02. The highest BCUT2D eigenvalue weighted by Gasteiger charge is 2.16. The molecule has 1 aliphatic carbocycles. The number of thiol groups is 1. The predicted molar refractivity (Wildman–Crippen MR) is 91.4 cm³/mol. The third kappa shape index (κ3) is 2.11. The Morgan fingerprint density at radius 3 is 2.50 bits per heavy atom. The van der Waals surface area contributed by atoms with Crippen molar-refractivity contribution in [2.45, 2.75) is 4.90 Å². The molecule has 0 aromatic heterocycles. The Bertz CT molecular complexity index is 1000. The van der Waals surface area contributed by atoms with Gasteiger partial charge in [-0.05, 0) is 35.9 Å². The third-order valence-electron chi connectivity index (χ3n) is 3.77. The second kappa shape index (κ2) is 5.04. The van der Waals surface area contributed by atoms with Crippen molar-refractivity contribution in [3.05, 3.63) is 72.1 Å². The van der Waals surface area contributed by atoms with Crippen LogP contribution in [-0.2, 0) is 0 Å². The van der Waals surface area contributed by atoms with Crippen LogP contribution in [0.2, 0.25) is 0 Å². The first kappa shape index (κ1) is 13.2. The van der Waals surface area contributed by atoms with Crippen molar-refractivity contribution in [2.75, 3.05) is 0 Å². The van der Waals surface area contributed by atoms with E-state index in [-0.39, 0.29) is 0 Å². The lowest BCUT2D eigenvalue weighted by atomic mass is 9.94. The van der Waals surface area contributed by atoms with Crippen molar-refractivity contribution in [1.82, 2.24) is 0 Å². The minimum atomic E-state index is 0.441. The zero-order valence-electron chi connectivity index (χ0n) is 11.7. The van der Waals surface area contributed by atoms with Gasteiger partial charge in [-0.15, -0.1) is 12.6 Å². The first-order chi connectivity index (χ1) is 10.7. The lowest BCUT2D eigenvalue weighted by molar-refractivity contribution is 0.618. The summed E-state index contributed by atoms with van der Waals surface area (Å²) in [5, 5.41) is 9.32. The molecule has 0 saturated heterocycles. The molecule has 0 fully saturated rings. The van der Waals surface area contributed by atoms with E-state index >= 15 is 0 Å². The summed E-state index contributed by atoms with van der Waals surface area (Å²) in [6, 6.07) is 21.7. The average molecular weight is 303 g/mol. The Balaban J connectivity index is 2.21. The van der Waals surface area contributed by atoms with Gasteiger partial charge in [-0.3, -0.25) is 0 Å². The second-order valence-electron chi connectivity index (χ2n) is 5.23. The van der Waals surface area contributed by atoms with Crippen molar-refractivity contribution < 1.29 is 4.42 Å². The lowest BCUT2D eigenvalue weighted by Crippen LogP contribution is -1.99. The fraction of sp³-hybridized carbons (Fsp3) is 0. The van der Waals surface area contributed by atoms with Crippen LogP contribution in [0.1, 0.15) is 0 Å². The molecule has 0 bridgehead atoms. The maximum Gasteiger partial charge on any atom is 0.137 e. The summed E-state index contributed by atoms with van der Waals surface area (Å²) >= 11 is 4.40. The van der Waals surface area contributed by atoms with Crippen LogP contribution in [0, 0.1) is 5.41 Å². The SMILES string of the molecule is N=c1ccc2c(-c3ccccc3)c3ccc(S)cc3oc-2c1. The van der Waals surface area contributed by atoms with Crippen LogP contribution >= 0.6 is 12.6 Å². The van der Waals surface area contributed by atoms with E-state index in [0.717, 1.165) is 38.3 Å². The van der Waals surface area contributed by atoms with E-state index in [9.17, 15) is 0 Å². The highest BCUT2D eigenvalue weighted by molar-refractivity contribution is 7.80. The molecule has 1 N–H and O–H groups in total. The molecule has 22 heavy (non-hydrogen) atoms. The molecule has 0 spiro atoms. The topological polar surface area (TPSA) is 37.0 Å². The Morgan fingerprint density at radius 1 is 0.864 bits per heavy atom. The molecular weight excluding hydrogens is 290 g/mol. The summed E-state index contributed by atoms with van der Waals surface area (Å²) in [5.74, 6) is 0.720. The van der Waals surface area contributed by atoms with Crippen LogP contribution in [0.15, 0.2) is 76.0 Å². The van der Waals surface area contributed by atoms with Crippen molar-refractivity contribution in [2.24, 2.45) is 0 Å². The molecule has 4 rings (SSSR count). The molecule has 106 valence electrons. The smallest absolute Gasteiger partial charge is 0.137 e. The Kier molecular flexibility index (Phi) is 3.01. The average Bonchev–Trinajstić information content (AvgIpc) is 2.53. The van der Waals surface area contributed by atoms with E-state index in [0.29, 0.717) is 5.36 Å². The lowest BCUT2D eigenvalue weighted by Gasteiger charge is -2.15. The van der Waals surface area contributed by atoms with Gasteiger partial charge >= 0.3 is 0 Å². The van der Waals surface area contributed by atoms with Crippen LogP contribution in [0.25, 0.3) is 33.4 Å². The molecule has 1 aliphatic heterocycles. The van der Waals surface area contributed by atoms with E-state index in [1.807, 2.05) is 42.5 Å². The van der Waals surface area contributed by atoms with Gasteiger partial charge in [-0.25, -0.2) is 0 Å². The van der Waals surface area contributed by atoms with Crippen LogP contribution in [0.4, 0.5) is 0 Å². The van der Waals surface area contributed by atoms with E-state index in [2.05, 4.69) is 24.8 Å². The van der Waals surface area contributed by atoms with Crippen LogP contribution in [-0.4, -0.2) is 0 Å². The maximum absolute atomic E-state index is 7.83. The van der Waals surface area contributed by atoms with Gasteiger partial charge in [-0.1, -0.05) is 30.3 Å². The van der Waals surface area contributed by atoms with E-state index in [4.69, 9.17) is 9.83 Å². The van der Waals surface area contributed by atoms with Crippen molar-refractivity contribution in [1.29, 1.82) is 5.41 Å². The fourth-order valence-electron chi connectivity index (χ4n) is 2.79. The Hall–Kier alpha value is -2.52. The number of benzene rings is 3. The highest BCUT2D eigenvalue weighted by atomic mass is 32.1. The molecule has 2 aromatic rings. The zero-order valence-corrected chi connectivity index (χ0v) is 12.6. The summed E-state index contributed by atoms with van der Waals surface area (Å²) in [6.45, 7) is 0. The summed E-state index contributed by atoms with van der Waals surface area (Å²) < 4.78 is 6.00. The third-order valence-corrected chi connectivity index (χ3v) is 4.05. The van der Waals surface area contributed by atoms with Crippen molar-refractivity contribution in [3.8, 4) is 22.5 Å². The molecule has 0 atom stereocenters. The number of nitrogens with one attached hydrogen (secondary N) is 1. The highest BCUT2D eigenvalue weighted by Crippen LogP contribution is 2.39. The maximum atomic E-state index is 7.83. The Morgan fingerprint density at radius 2 is 1.68 bits per heavy atom. The van der Waals surface area contributed by atoms with Gasteiger partial charge in [0.25, 0.3) is 0 Å². The quantitative estimate of drug-likeness (QED) is 0.378. The van der Waals surface area contributed by atoms with Crippen molar-refractivity contribution >= 4 is 23.6 Å². The molecule has 2 aliphatic rings. The summed E-state index contributed by atoms with van der Waals surface area (Å²) in [6.07, 6.45) is 0. The van der Waals surface area contributed by atoms with Gasteiger partial charge in [0.1, 0.15) is 11.3 Å². The first-order valence-corrected chi connectivity index (χ1v) is 7.47. The monoisotopic (exact) mass is 303 g/mol. The minimum Gasteiger partial charge on any atom is -0.456 e. The van der Waals surface area contributed by atoms with Gasteiger partial charge in [0.05, 0.1) is 5.36 Å². The minimum absolute atomic E-state index is 0.441. The largest absolute Gasteiger partial charge is 0.456 e. The zero-order chi connectivity index (χ0) is 15.1. The van der Waals surface area contributed by atoms with E-state index in [1.54, 1.807) is 12.1 Å². The van der Waals surface area contributed by atoms with E-state index in [1.165, 1.54) is 0 Å². The molecule has 2 nitrogen and oxygen atoms in total. The molecular formula is C19H13NOS. The normalized spacial score (nSPS) is 11.1. The van der Waals surface area contributed by atoms with Gasteiger partial charge in [-0.2, -0.15) is 0 Å². The van der Waals surface area contributed by atoms with Gasteiger partial charge in [0.15, 0.2) is 0 Å². The number of rotatable bonds is 1. The van der Waals surface area contributed by atoms with Crippen LogP contribution in [0.3, 0.4) is 0 Å². The summed E-state index contributed by atoms with van der Waals surface area (Å²) in [4.78, 5) is 0.858. The molecule has 2 aromatic carbocycles. The summed E-state index contributed by atoms with van der Waals surface area (Å²) in [5.41, 5.74) is 4.06. The second-order valence-corrected chi connectivity index (χ2v) is 5.75. The summed E-state index contributed by atoms with van der Waals surface area (Å²) in [7, 11) is 0. The fourth-order valence-corrected chi connectivity index (χ4v) is 2.99. The van der Waals surface area contributed by atoms with Crippen molar-refractivity contribution in [3.63, 3.8) is 0 Å². The van der Waals surface area contributed by atoms with E-state index < -0.39 is 0 Å². The van der Waals surface area contributed by atoms with Crippen LogP contribution < -0.4 is 5.36 Å². The van der Waals surface area contributed by atoms with Crippen LogP contribution in [0.5, 0.6) is 0 Å². The molecule has 0 saturated carbocycles. The number of fused-ring (bicyclic) bond motifs is 2. The number of hydrogen-bond acceptors (Lipinski definition) is 3. The number of hydrogen-bond donors (Lipinski definition) is 2. The predicted octanol–water partition coefficient (Wildman–Crippen LogP) is 4.97. The molecule has 0 amide bonds. The molecule has 0 unspecified atom stereocenters. The van der Waals surface area contributed by atoms with Gasteiger partial charge < -0.3 is 9.83 Å². The standard InChI is InChI=1S/C19H13NOS/c20-13-6-8-15-17(10-13)21-18-11-14(22)7-9-16(18)19(15)12-4-2-1-3-5-12/h1-11,20,22H. The molecule has 3 heteroatoms. The van der Waals surface area contributed by atoms with Gasteiger partial charge in [0, 0.05) is 27.5 Å². The Labute approximate surface area is 133 Å².